The number of nitrogens with zero attached hydrogens (tertiary/aromatic N) is 11. The van der Waals surface area contributed by atoms with Crippen LogP contribution in [0.5, 0.6) is 0 Å². The zero-order valence-electron chi connectivity index (χ0n) is 48.0. The molecule has 0 aromatic carbocycles. The number of aromatic nitrogens is 9. The number of aliphatic hydroxyl groups is 1. The molecule has 31 heteroatoms. The van der Waals surface area contributed by atoms with Crippen molar-refractivity contribution in [1.82, 2.24) is 48.6 Å². The normalized spacial score (nSPS) is 9.93. The first-order valence-electron chi connectivity index (χ1n) is 24.7. The summed E-state index contributed by atoms with van der Waals surface area (Å²) in [5.41, 5.74) is 6.13. The number of imidazole rings is 2. The molecular weight excluding hydrogens is 1630 g/mol. The molecule has 0 aliphatic heterocycles. The number of imide groups is 2. The van der Waals surface area contributed by atoms with Crippen LogP contribution in [0.2, 0.25) is 0 Å². The molecular formula is C57H58Br7N12NaO10S. The van der Waals surface area contributed by atoms with Crippen LogP contribution in [0, 0.1) is 0 Å². The number of amides is 4. The number of aryl methyl sites for hydroxylation is 2. The molecule has 0 radical (unpaired) electrons. The molecule has 22 nitrogen and oxygen atoms in total. The van der Waals surface area contributed by atoms with Crippen molar-refractivity contribution in [2.24, 2.45) is 5.14 Å². The number of aldehydes is 2. The number of ether oxygens (including phenoxy) is 1. The van der Waals surface area contributed by atoms with Crippen molar-refractivity contribution < 1.29 is 77.2 Å². The minimum absolute atomic E-state index is 0. The van der Waals surface area contributed by atoms with Gasteiger partial charge in [-0.15, -0.1) is 0 Å². The van der Waals surface area contributed by atoms with Crippen LogP contribution in [0.15, 0.2) is 178 Å². The number of carbonyl (C=O) groups excluding carboxylic acids is 7. The van der Waals surface area contributed by atoms with E-state index in [0.717, 1.165) is 84.0 Å². The van der Waals surface area contributed by atoms with Gasteiger partial charge in [0.25, 0.3) is 0 Å². The van der Waals surface area contributed by atoms with Gasteiger partial charge in [-0.05, 0) is 119 Å². The van der Waals surface area contributed by atoms with E-state index in [9.17, 15) is 28.2 Å². The van der Waals surface area contributed by atoms with E-state index < -0.39 is 17.0 Å². The van der Waals surface area contributed by atoms with Crippen molar-refractivity contribution in [2.45, 2.75) is 64.9 Å². The SMILES string of the molecule is Brc1ccn2cncc2c1.CC(C)(C)S(N)=O.CCc1cc(Br)ccn1.COC(=O)c1cc(Br)ccn1.O=CCCc1cc(Br)ccn1.O=CN(C=O)Cc1cc(Br)ccn1.O=C[N-]C=O.O=Cc1ncn2ccc(Br)cc12.OCc1cc(Br)ccn1.[Na+]. The Morgan fingerprint density at radius 2 is 1.10 bits per heavy atom. The third-order valence-corrected chi connectivity index (χ3v) is 14.3. The first kappa shape index (κ1) is 82.7. The number of carbonyl (C=O) groups is 7. The Morgan fingerprint density at radius 3 is 1.53 bits per heavy atom. The Balaban J connectivity index is 0.000000975. The summed E-state index contributed by atoms with van der Waals surface area (Å²) in [4.78, 5) is 98.7. The fourth-order valence-electron chi connectivity index (χ4n) is 5.40. The molecule has 3 N–H and O–H groups in total. The van der Waals surface area contributed by atoms with Crippen LogP contribution in [0.3, 0.4) is 0 Å². The second-order valence-corrected chi connectivity index (χ2v) is 25.3. The van der Waals surface area contributed by atoms with Crippen LogP contribution in [-0.2, 0) is 65.7 Å². The maximum absolute atomic E-state index is 10.9. The van der Waals surface area contributed by atoms with Crippen LogP contribution in [0.25, 0.3) is 16.4 Å². The fourth-order valence-corrected chi connectivity index (χ4v) is 7.96. The molecule has 1 atom stereocenters. The summed E-state index contributed by atoms with van der Waals surface area (Å²) in [6.07, 6.45) is 22.6. The predicted octanol–water partition coefficient (Wildman–Crippen LogP) is 9.40. The summed E-state index contributed by atoms with van der Waals surface area (Å²) in [5, 5.41) is 16.2. The summed E-state index contributed by atoms with van der Waals surface area (Å²) in [7, 11) is 0.141. The molecule has 0 aliphatic rings. The Kier molecular flexibility index (Phi) is 45.5. The number of pyridine rings is 7. The first-order chi connectivity index (χ1) is 41.5. The quantitative estimate of drug-likeness (QED) is 0.0616. The van der Waals surface area contributed by atoms with Crippen molar-refractivity contribution in [3.8, 4) is 0 Å². The summed E-state index contributed by atoms with van der Waals surface area (Å²) in [6, 6.07) is 26.0. The topological polar surface area (TPSA) is 308 Å². The summed E-state index contributed by atoms with van der Waals surface area (Å²) in [6.45, 7) is 7.80. The third kappa shape index (κ3) is 37.0. The van der Waals surface area contributed by atoms with Crippen molar-refractivity contribution in [2.75, 3.05) is 7.11 Å². The van der Waals surface area contributed by atoms with Gasteiger partial charge >= 0.3 is 35.5 Å². The Bertz CT molecular complexity index is 3510. The van der Waals surface area contributed by atoms with Gasteiger partial charge in [-0.2, -0.15) is 0 Å². The number of esters is 1. The molecule has 9 aromatic heterocycles. The van der Waals surface area contributed by atoms with E-state index in [1.54, 1.807) is 66.0 Å². The standard InChI is InChI=1S/C8H7BrN2O2.C8H5BrN2O.C8H8BrNO.C7H5BrN2.C7H6BrNO2.C7H8BrN.C6H6BrNO.C4H11NOS.C2H3NO2.Na/c9-7-1-2-10-8(3-7)4-11(5-12)6-13;9-6-1-2-11-5-10-7(4-12)8(11)3-6;9-7-3-4-10-8(6-7)2-1-5-11;8-6-1-2-10-5-9-4-7(10)3-6;1-11-7(10)6-4-5(8)2-3-9-6;1-2-7-5-6(8)3-4-9-7;7-5-1-2-8-6(3-5)4-9;1-4(2,3)7(5)6;4-1-3-2-5;/h1-3,5-6H,4H2;1-5H;3-6H,1-2H2;1-5H;2-4H,1H3;3-5H,2H2,1H3;1-3,9H,4H2;5H2,1-3H3;1-2H,(H,3,4,5);/q;;;;;;;;;+1/p-1. The monoisotopic (exact) mass is 1680 g/mol. The minimum Gasteiger partial charge on any atom is -0.602 e. The van der Waals surface area contributed by atoms with E-state index in [4.69, 9.17) is 19.8 Å². The minimum atomic E-state index is -1.18. The van der Waals surface area contributed by atoms with E-state index >= 15 is 0 Å². The van der Waals surface area contributed by atoms with E-state index in [0.29, 0.717) is 42.0 Å². The van der Waals surface area contributed by atoms with Gasteiger partial charge in [0, 0.05) is 105 Å². The maximum atomic E-state index is 10.9. The van der Waals surface area contributed by atoms with Crippen molar-refractivity contribution >= 4 is 178 Å². The van der Waals surface area contributed by atoms with Crippen molar-refractivity contribution in [3.05, 3.63) is 218 Å². The van der Waals surface area contributed by atoms with Crippen LogP contribution in [-0.4, -0.2) is 114 Å². The maximum Gasteiger partial charge on any atom is 1.00 e. The molecule has 88 heavy (non-hydrogen) atoms. The number of aliphatic hydroxyl groups excluding tert-OH is 1. The van der Waals surface area contributed by atoms with Crippen molar-refractivity contribution in [3.63, 3.8) is 0 Å². The molecule has 462 valence electrons. The molecule has 0 saturated carbocycles. The van der Waals surface area contributed by atoms with Crippen molar-refractivity contribution in [1.29, 1.82) is 0 Å². The Labute approximate surface area is 592 Å². The average molecular weight is 1690 g/mol. The number of nitrogens with two attached hydrogens (primary N) is 1. The van der Waals surface area contributed by atoms with Crippen LogP contribution in [0.1, 0.15) is 77.9 Å². The fraction of sp³-hybridized carbons (Fsp3) is 0.193. The average Bonchev–Trinajstić information content (AvgIpc) is 2.36. The Hall–Kier alpha value is -5.35. The molecule has 9 rings (SSSR count). The number of methoxy groups -OCH3 is 1. The molecule has 0 spiro atoms. The van der Waals surface area contributed by atoms with Gasteiger partial charge in [0.15, 0.2) is 6.29 Å². The zero-order chi connectivity index (χ0) is 65.2. The second kappa shape index (κ2) is 48.5. The van der Waals surface area contributed by atoms with E-state index in [-0.39, 0.29) is 60.3 Å². The van der Waals surface area contributed by atoms with Gasteiger partial charge in [0.2, 0.25) is 12.8 Å². The molecule has 0 bridgehead atoms. The predicted molar refractivity (Wildman–Crippen MR) is 357 cm³/mol. The molecule has 0 aliphatic carbocycles. The van der Waals surface area contributed by atoms with Gasteiger partial charge in [-0.25, -0.2) is 24.0 Å². The molecule has 0 saturated heterocycles. The zero-order valence-corrected chi connectivity index (χ0v) is 61.9. The van der Waals surface area contributed by atoms with Gasteiger partial charge in [0.05, 0.1) is 70.9 Å². The van der Waals surface area contributed by atoms with Gasteiger partial charge < -0.3 is 38.3 Å². The van der Waals surface area contributed by atoms with Gasteiger partial charge in [0.1, 0.15) is 24.0 Å². The molecule has 9 aromatic rings. The number of hydrogen-bond donors (Lipinski definition) is 2. The van der Waals surface area contributed by atoms with E-state index in [2.05, 4.69) is 163 Å². The number of hydrogen-bond acceptors (Lipinski definition) is 17. The summed E-state index contributed by atoms with van der Waals surface area (Å²) < 4.78 is 25.1. The van der Waals surface area contributed by atoms with Crippen LogP contribution >= 0.6 is 112 Å². The number of halogens is 7. The second-order valence-electron chi connectivity index (χ2n) is 17.0. The number of rotatable bonds is 13. The first-order valence-corrected chi connectivity index (χ1v) is 31.5. The van der Waals surface area contributed by atoms with Gasteiger partial charge in [-0.1, -0.05) is 118 Å². The summed E-state index contributed by atoms with van der Waals surface area (Å²) >= 11 is 23.1. The summed E-state index contributed by atoms with van der Waals surface area (Å²) in [5.74, 6) is -0.425. The smallest absolute Gasteiger partial charge is 0.602 e. The van der Waals surface area contributed by atoms with Crippen LogP contribution < -0.4 is 34.7 Å². The largest absolute Gasteiger partial charge is 1.00 e. The molecule has 9 heterocycles. The van der Waals surface area contributed by atoms with E-state index in [1.165, 1.54) is 13.3 Å². The molecule has 0 fully saturated rings. The van der Waals surface area contributed by atoms with Gasteiger partial charge in [-0.3, -0.25) is 44.4 Å². The molecule has 1 unspecified atom stereocenters. The van der Waals surface area contributed by atoms with E-state index in [1.807, 2.05) is 105 Å². The molecule has 4 amide bonds. The van der Waals surface area contributed by atoms with Crippen LogP contribution in [0.4, 0.5) is 0 Å². The third-order valence-electron chi connectivity index (χ3n) is 9.63. The Morgan fingerprint density at radius 1 is 0.648 bits per heavy atom. The number of fused-ring (bicyclic) bond motifs is 2.